The van der Waals surface area contributed by atoms with E-state index in [4.69, 9.17) is 23.9 Å². The number of nitrogens with zero attached hydrogens (tertiary/aromatic N) is 3. The van der Waals surface area contributed by atoms with E-state index in [1.54, 1.807) is 29.3 Å². The van der Waals surface area contributed by atoms with E-state index >= 15 is 8.78 Å². The number of hydrogen-bond donors (Lipinski definition) is 5. The van der Waals surface area contributed by atoms with Crippen molar-refractivity contribution in [3.63, 3.8) is 0 Å². The maximum Gasteiger partial charge on any atom is 0.407 e. The van der Waals surface area contributed by atoms with Gasteiger partial charge in [-0.2, -0.15) is 8.78 Å². The number of alkyl halides is 2. The van der Waals surface area contributed by atoms with Crippen LogP contribution >= 0.6 is 0 Å². The number of alkyl carbamates (subject to hydrolysis) is 2. The van der Waals surface area contributed by atoms with Crippen molar-refractivity contribution in [3.8, 4) is 33.5 Å². The molecule has 2 aliphatic heterocycles. The van der Waals surface area contributed by atoms with Gasteiger partial charge in [-0.05, 0) is 77.1 Å². The van der Waals surface area contributed by atoms with Crippen LogP contribution in [0.2, 0.25) is 0 Å². The van der Waals surface area contributed by atoms with E-state index in [-0.39, 0.29) is 53.7 Å². The molecule has 0 unspecified atom stereocenters. The number of rotatable bonds is 12. The second kappa shape index (κ2) is 18.0. The summed E-state index contributed by atoms with van der Waals surface area (Å²) in [6.45, 7) is 8.18. The van der Waals surface area contributed by atoms with Crippen LogP contribution in [-0.4, -0.2) is 101 Å². The third-order valence-corrected chi connectivity index (χ3v) is 13.7. The van der Waals surface area contributed by atoms with Gasteiger partial charge in [-0.1, -0.05) is 70.9 Å². The Kier molecular flexibility index (Phi) is 12.3. The van der Waals surface area contributed by atoms with Gasteiger partial charge < -0.3 is 49.8 Å². The van der Waals surface area contributed by atoms with Crippen LogP contribution in [0.5, 0.6) is 0 Å². The Morgan fingerprint density at radius 2 is 1.39 bits per heavy atom. The monoisotopic (exact) mass is 922 g/mol. The molecule has 5 aromatic rings. The van der Waals surface area contributed by atoms with Gasteiger partial charge in [0, 0.05) is 23.1 Å². The van der Waals surface area contributed by atoms with E-state index in [2.05, 4.69) is 30.9 Å². The van der Waals surface area contributed by atoms with Crippen molar-refractivity contribution in [2.45, 2.75) is 95.7 Å². The highest BCUT2D eigenvalue weighted by atomic mass is 19.3. The first-order valence-electron chi connectivity index (χ1n) is 22.9. The third kappa shape index (κ3) is 8.60. The molecule has 2 aromatic heterocycles. The van der Waals surface area contributed by atoms with Gasteiger partial charge in [-0.25, -0.2) is 19.6 Å². The average molecular weight is 923 g/mol. The molecule has 9 rings (SSSR count). The summed E-state index contributed by atoms with van der Waals surface area (Å²) in [6, 6.07) is 12.9. The lowest BCUT2D eigenvalue weighted by Crippen LogP contribution is -2.52. The molecule has 2 saturated heterocycles. The summed E-state index contributed by atoms with van der Waals surface area (Å²) in [4.78, 5) is 69.8. The van der Waals surface area contributed by atoms with Crippen molar-refractivity contribution >= 4 is 35.0 Å². The lowest BCUT2D eigenvalue weighted by atomic mass is 9.96. The number of carbonyl (C=O) groups is 4. The zero-order chi connectivity index (χ0) is 47.4. The molecule has 1 saturated carbocycles. The minimum atomic E-state index is -3.33. The summed E-state index contributed by atoms with van der Waals surface area (Å²) in [6.07, 6.45) is 4.30. The molecule has 4 atom stereocenters. The lowest BCUT2D eigenvalue weighted by Gasteiger charge is -2.30. The Labute approximate surface area is 386 Å². The molecule has 67 heavy (non-hydrogen) atoms. The van der Waals surface area contributed by atoms with Crippen LogP contribution in [0.25, 0.3) is 44.5 Å². The zero-order valence-electron chi connectivity index (χ0n) is 38.3. The molecule has 0 radical (unpaired) electrons. The Balaban J connectivity index is 0.963. The smallest absolute Gasteiger partial charge is 0.407 e. The van der Waals surface area contributed by atoms with Crippen LogP contribution in [0.15, 0.2) is 60.8 Å². The van der Waals surface area contributed by atoms with Gasteiger partial charge in [0.15, 0.2) is 5.79 Å². The van der Waals surface area contributed by atoms with Crippen LogP contribution in [0.1, 0.15) is 94.7 Å². The number of ether oxygens (including phenoxy) is 4. The molecule has 1 spiro atoms. The van der Waals surface area contributed by atoms with E-state index in [1.807, 2.05) is 52.0 Å². The molecule has 354 valence electrons. The number of aromatic nitrogens is 4. The topological polar surface area (TPSA) is 202 Å². The Bertz CT molecular complexity index is 2710. The lowest BCUT2D eigenvalue weighted by molar-refractivity contribution is -0.153. The fourth-order valence-corrected chi connectivity index (χ4v) is 10.1. The predicted octanol–water partition coefficient (Wildman–Crippen LogP) is 7.87. The van der Waals surface area contributed by atoms with Crippen molar-refractivity contribution in [2.75, 3.05) is 34.0 Å². The van der Waals surface area contributed by atoms with Gasteiger partial charge in [-0.3, -0.25) is 9.59 Å². The Morgan fingerprint density at radius 1 is 0.791 bits per heavy atom. The Morgan fingerprint density at radius 3 is 2.03 bits per heavy atom. The molecule has 0 bridgehead atoms. The number of aromatic amines is 2. The molecule has 4 amide bonds. The first kappa shape index (κ1) is 45.7. The summed E-state index contributed by atoms with van der Waals surface area (Å²) >= 11 is 0. The average Bonchev–Trinajstić information content (AvgIpc) is 4.20. The van der Waals surface area contributed by atoms with E-state index < -0.39 is 48.1 Å². The van der Waals surface area contributed by atoms with E-state index in [1.165, 1.54) is 26.4 Å². The maximum atomic E-state index is 16.7. The highest BCUT2D eigenvalue weighted by Gasteiger charge is 2.53. The van der Waals surface area contributed by atoms with E-state index in [9.17, 15) is 19.2 Å². The van der Waals surface area contributed by atoms with Gasteiger partial charge in [-0.15, -0.1) is 0 Å². The summed E-state index contributed by atoms with van der Waals surface area (Å²) in [5.41, 5.74) is 4.25. The number of imidazole rings is 2. The second-order valence-corrected chi connectivity index (χ2v) is 18.7. The number of fused-ring (bicyclic) bond motifs is 4. The normalized spacial score (nSPS) is 19.7. The quantitative estimate of drug-likeness (QED) is 0.0820. The number of nitrogens with one attached hydrogen (secondary N) is 5. The standard InChI is InChI=1S/C49H56F2N8O8/c1-25(2)39(57-46(62)64-5)44(60)56-41(27-9-7-8-10-27)43-53-35-16-13-29(21-36(35)54-43)28-11-14-31-32-15-12-30(20-34(32)49(50,51)33(31)19-28)37-23-52-42(55-37)38-22-48(66-17-18-67-48)24-59(38)45(61)40(26(3)4)58-47(63)65-6/h11-16,19-21,23,25-27,38-41H,7-10,17-18,22,24H2,1-6H3,(H,52,55)(H,53,54)(H,56,60)(H,57,62)(H,58,63)/t38-,39-,40-,41-/m0/s1. The van der Waals surface area contributed by atoms with Crippen molar-refractivity contribution in [1.29, 1.82) is 0 Å². The number of amides is 4. The number of hydrogen-bond acceptors (Lipinski definition) is 10. The number of likely N-dealkylation sites (tertiary alicyclic amines) is 1. The number of H-pyrrole nitrogens is 2. The van der Waals surface area contributed by atoms with Crippen LogP contribution in [0.4, 0.5) is 18.4 Å². The SMILES string of the molecule is COC(=O)N[C@H](C(=O)N[C@H](c1nc2ccc(-c3ccc4c(c3)C(F)(F)c3cc(-c5cnc([C@@H]6CC7(CN6C(=O)[C@@H](NC(=O)OC)C(C)C)OCCO7)[nH]5)ccc3-4)cc2[nH]1)C1CCCC1)C(C)C. The van der Waals surface area contributed by atoms with Crippen LogP contribution in [-0.2, 0) is 34.5 Å². The van der Waals surface area contributed by atoms with Crippen molar-refractivity contribution in [3.05, 3.63) is 83.6 Å². The molecule has 5 N–H and O–H groups in total. The molecule has 4 heterocycles. The molecule has 4 aliphatic rings. The van der Waals surface area contributed by atoms with Gasteiger partial charge in [0.1, 0.15) is 23.7 Å². The van der Waals surface area contributed by atoms with Gasteiger partial charge in [0.05, 0.1) is 69.0 Å². The van der Waals surface area contributed by atoms with Crippen LogP contribution in [0.3, 0.4) is 0 Å². The molecule has 3 fully saturated rings. The fourth-order valence-electron chi connectivity index (χ4n) is 10.1. The predicted molar refractivity (Wildman–Crippen MR) is 242 cm³/mol. The first-order valence-corrected chi connectivity index (χ1v) is 22.9. The van der Waals surface area contributed by atoms with E-state index in [0.717, 1.165) is 25.7 Å². The minimum absolute atomic E-state index is 0.110. The molecular formula is C49H56F2N8O8. The number of halogens is 2. The summed E-state index contributed by atoms with van der Waals surface area (Å²) in [7, 11) is 2.49. The van der Waals surface area contributed by atoms with Gasteiger partial charge >= 0.3 is 12.2 Å². The molecule has 3 aromatic carbocycles. The Hall–Kier alpha value is -6.40. The first-order chi connectivity index (χ1) is 32.1. The fraction of sp³-hybridized carbons (Fsp3) is 0.469. The number of benzene rings is 3. The van der Waals surface area contributed by atoms with Crippen LogP contribution in [0, 0.1) is 17.8 Å². The third-order valence-electron chi connectivity index (χ3n) is 13.7. The van der Waals surface area contributed by atoms with Gasteiger partial charge in [0.2, 0.25) is 11.8 Å². The van der Waals surface area contributed by atoms with E-state index in [0.29, 0.717) is 69.4 Å². The summed E-state index contributed by atoms with van der Waals surface area (Å²) in [5.74, 6) is -4.39. The summed E-state index contributed by atoms with van der Waals surface area (Å²) in [5, 5.41) is 8.46. The van der Waals surface area contributed by atoms with Crippen LogP contribution < -0.4 is 16.0 Å². The molecule has 18 heteroatoms. The highest BCUT2D eigenvalue weighted by molar-refractivity contribution is 5.89. The van der Waals surface area contributed by atoms with Crippen molar-refractivity contribution < 1.29 is 46.9 Å². The number of methoxy groups -OCH3 is 2. The molecular weight excluding hydrogens is 867 g/mol. The zero-order valence-corrected chi connectivity index (χ0v) is 38.3. The van der Waals surface area contributed by atoms with Crippen molar-refractivity contribution in [2.24, 2.45) is 17.8 Å². The van der Waals surface area contributed by atoms with Crippen molar-refractivity contribution in [1.82, 2.24) is 40.8 Å². The second-order valence-electron chi connectivity index (χ2n) is 18.7. The minimum Gasteiger partial charge on any atom is -0.453 e. The summed E-state index contributed by atoms with van der Waals surface area (Å²) < 4.78 is 55.0. The highest BCUT2D eigenvalue weighted by Crippen LogP contribution is 2.53. The molecule has 2 aliphatic carbocycles. The number of carbonyl (C=O) groups excluding carboxylic acids is 4. The maximum absolute atomic E-state index is 16.7. The van der Waals surface area contributed by atoms with Gasteiger partial charge in [0.25, 0.3) is 5.92 Å². The largest absolute Gasteiger partial charge is 0.453 e. The molecule has 16 nitrogen and oxygen atoms in total.